The Labute approximate surface area is 211 Å². The molecule has 188 valence electrons. The monoisotopic (exact) mass is 510 g/mol. The number of furan rings is 1. The van der Waals surface area contributed by atoms with E-state index >= 15 is 0 Å². The predicted octanol–water partition coefficient (Wildman–Crippen LogP) is 4.48. The molecule has 0 aliphatic carbocycles. The van der Waals surface area contributed by atoms with Crippen LogP contribution in [-0.4, -0.2) is 51.4 Å². The molecule has 36 heavy (non-hydrogen) atoms. The lowest BCUT2D eigenvalue weighted by Crippen LogP contribution is -2.18. The Bertz CT molecular complexity index is 1490. The number of pyridine rings is 1. The molecule has 3 aromatic heterocycles. The van der Waals surface area contributed by atoms with E-state index in [4.69, 9.17) is 13.9 Å². The number of hydrogen-bond acceptors (Lipinski definition) is 9. The molecule has 0 saturated carbocycles. The van der Waals surface area contributed by atoms with Crippen molar-refractivity contribution in [2.24, 2.45) is 0 Å². The molecule has 11 heteroatoms. The van der Waals surface area contributed by atoms with Gasteiger partial charge in [-0.05, 0) is 51.8 Å². The van der Waals surface area contributed by atoms with Gasteiger partial charge in [0, 0.05) is 5.39 Å². The van der Waals surface area contributed by atoms with Gasteiger partial charge in [0.05, 0.1) is 24.5 Å². The summed E-state index contributed by atoms with van der Waals surface area (Å²) in [5, 5.41) is 12.8. The lowest BCUT2D eigenvalue weighted by Gasteiger charge is -2.10. The number of esters is 2. The van der Waals surface area contributed by atoms with Gasteiger partial charge < -0.3 is 13.9 Å². The normalized spacial score (nSPS) is 11.1. The molecule has 0 bridgehead atoms. The van der Waals surface area contributed by atoms with Crippen molar-refractivity contribution in [3.8, 4) is 0 Å². The number of rotatable bonds is 8. The molecule has 3 heterocycles. The highest BCUT2D eigenvalue weighted by atomic mass is 32.2. The number of hydrogen-bond donors (Lipinski definition) is 1. The molecule has 0 atom stereocenters. The van der Waals surface area contributed by atoms with Crippen LogP contribution in [0.2, 0.25) is 0 Å². The van der Waals surface area contributed by atoms with Crippen LogP contribution >= 0.6 is 11.8 Å². The Hall–Kier alpha value is -3.86. The van der Waals surface area contributed by atoms with Crippen LogP contribution in [0.4, 0.5) is 5.88 Å². The second-order valence-corrected chi connectivity index (χ2v) is 8.93. The van der Waals surface area contributed by atoms with Crippen LogP contribution in [0.25, 0.3) is 16.6 Å². The number of aryl methyl sites for hydroxylation is 3. The number of benzene rings is 1. The summed E-state index contributed by atoms with van der Waals surface area (Å²) in [5.74, 6) is -2.05. The summed E-state index contributed by atoms with van der Waals surface area (Å²) in [6.45, 7) is 9.03. The predicted molar refractivity (Wildman–Crippen MR) is 135 cm³/mol. The molecular formula is C25H26N4O6S. The SMILES string of the molecule is CCOC(=O)c1c(C)oc(NC(=O)CSc2nnc3cc(C)c4cccc(C)c4n23)c1C(=O)OCC. The van der Waals surface area contributed by atoms with Crippen molar-refractivity contribution in [3.63, 3.8) is 0 Å². The lowest BCUT2D eigenvalue weighted by molar-refractivity contribution is -0.113. The van der Waals surface area contributed by atoms with E-state index in [0.29, 0.717) is 10.8 Å². The second-order valence-electron chi connectivity index (χ2n) is 7.99. The number of aromatic nitrogens is 3. The first-order chi connectivity index (χ1) is 17.3. The summed E-state index contributed by atoms with van der Waals surface area (Å²) >= 11 is 1.19. The number of nitrogens with one attached hydrogen (secondary N) is 1. The number of fused-ring (bicyclic) bond motifs is 3. The van der Waals surface area contributed by atoms with Crippen LogP contribution in [0.15, 0.2) is 33.8 Å². The van der Waals surface area contributed by atoms with E-state index in [-0.39, 0.29) is 41.7 Å². The van der Waals surface area contributed by atoms with E-state index in [1.54, 1.807) is 13.8 Å². The van der Waals surface area contributed by atoms with Gasteiger partial charge in [0.1, 0.15) is 16.9 Å². The fraction of sp³-hybridized carbons (Fsp3) is 0.320. The maximum absolute atomic E-state index is 12.9. The summed E-state index contributed by atoms with van der Waals surface area (Å²) in [6.07, 6.45) is 0. The third kappa shape index (κ3) is 4.66. The van der Waals surface area contributed by atoms with E-state index < -0.39 is 17.8 Å². The topological polar surface area (TPSA) is 125 Å². The number of amides is 1. The zero-order chi connectivity index (χ0) is 26.0. The Morgan fingerprint density at radius 2 is 1.69 bits per heavy atom. The molecule has 0 aliphatic rings. The lowest BCUT2D eigenvalue weighted by atomic mass is 10.1. The molecule has 0 spiro atoms. The van der Waals surface area contributed by atoms with Crippen molar-refractivity contribution in [1.82, 2.24) is 14.6 Å². The Kier molecular flexibility index (Phi) is 7.30. The first-order valence-electron chi connectivity index (χ1n) is 11.4. The van der Waals surface area contributed by atoms with Crippen molar-refractivity contribution < 1.29 is 28.3 Å². The molecule has 1 amide bonds. The van der Waals surface area contributed by atoms with Crippen LogP contribution in [0.1, 0.15) is 51.5 Å². The number of ether oxygens (including phenoxy) is 2. The summed E-state index contributed by atoms with van der Waals surface area (Å²) in [6, 6.07) is 8.00. The van der Waals surface area contributed by atoms with Crippen LogP contribution in [0.5, 0.6) is 0 Å². The number of thioether (sulfide) groups is 1. The largest absolute Gasteiger partial charge is 0.462 e. The van der Waals surface area contributed by atoms with Gasteiger partial charge in [-0.3, -0.25) is 14.5 Å². The first-order valence-corrected chi connectivity index (χ1v) is 12.4. The van der Waals surface area contributed by atoms with Crippen molar-refractivity contribution in [2.45, 2.75) is 39.8 Å². The van der Waals surface area contributed by atoms with Crippen molar-refractivity contribution in [3.05, 3.63) is 52.3 Å². The van der Waals surface area contributed by atoms with E-state index in [1.807, 2.05) is 42.5 Å². The summed E-state index contributed by atoms with van der Waals surface area (Å²) < 4.78 is 17.6. The molecule has 4 aromatic rings. The average Bonchev–Trinajstić information content (AvgIpc) is 3.38. The second kappa shape index (κ2) is 10.4. The highest BCUT2D eigenvalue weighted by Gasteiger charge is 2.31. The van der Waals surface area contributed by atoms with E-state index in [9.17, 15) is 14.4 Å². The highest BCUT2D eigenvalue weighted by Crippen LogP contribution is 2.30. The maximum atomic E-state index is 12.9. The van der Waals surface area contributed by atoms with Crippen LogP contribution in [0.3, 0.4) is 0 Å². The number of carbonyl (C=O) groups is 3. The third-order valence-electron chi connectivity index (χ3n) is 5.52. The Morgan fingerprint density at radius 3 is 2.39 bits per heavy atom. The highest BCUT2D eigenvalue weighted by molar-refractivity contribution is 7.99. The van der Waals surface area contributed by atoms with Crippen molar-refractivity contribution in [1.29, 1.82) is 0 Å². The molecule has 0 fully saturated rings. The van der Waals surface area contributed by atoms with E-state index in [1.165, 1.54) is 18.7 Å². The fourth-order valence-electron chi connectivity index (χ4n) is 4.00. The fourth-order valence-corrected chi connectivity index (χ4v) is 4.74. The molecule has 0 unspecified atom stereocenters. The minimum Gasteiger partial charge on any atom is -0.462 e. The average molecular weight is 511 g/mol. The maximum Gasteiger partial charge on any atom is 0.344 e. The minimum absolute atomic E-state index is 0.0429. The van der Waals surface area contributed by atoms with Gasteiger partial charge in [-0.2, -0.15) is 0 Å². The van der Waals surface area contributed by atoms with Crippen molar-refractivity contribution >= 4 is 52.0 Å². The Morgan fingerprint density at radius 1 is 1.00 bits per heavy atom. The number of para-hydroxylation sites is 1. The van der Waals surface area contributed by atoms with Crippen LogP contribution < -0.4 is 5.32 Å². The van der Waals surface area contributed by atoms with E-state index in [0.717, 1.165) is 22.0 Å². The summed E-state index contributed by atoms with van der Waals surface area (Å²) in [7, 11) is 0. The number of anilines is 1. The van der Waals surface area contributed by atoms with Crippen LogP contribution in [-0.2, 0) is 14.3 Å². The summed E-state index contributed by atoms with van der Waals surface area (Å²) in [4.78, 5) is 37.9. The number of carbonyl (C=O) groups excluding carboxylic acids is 3. The molecule has 1 N–H and O–H groups in total. The van der Waals surface area contributed by atoms with Crippen LogP contribution in [0, 0.1) is 20.8 Å². The Balaban J connectivity index is 1.61. The van der Waals surface area contributed by atoms with Gasteiger partial charge in [0.2, 0.25) is 11.8 Å². The molecule has 0 radical (unpaired) electrons. The zero-order valence-corrected chi connectivity index (χ0v) is 21.4. The molecule has 4 rings (SSSR count). The van der Waals surface area contributed by atoms with Gasteiger partial charge in [-0.25, -0.2) is 9.59 Å². The van der Waals surface area contributed by atoms with Gasteiger partial charge in [0.25, 0.3) is 0 Å². The van der Waals surface area contributed by atoms with Crippen molar-refractivity contribution in [2.75, 3.05) is 24.3 Å². The number of nitrogens with zero attached hydrogens (tertiary/aromatic N) is 3. The van der Waals surface area contributed by atoms with Gasteiger partial charge in [-0.15, -0.1) is 10.2 Å². The molecule has 1 aromatic carbocycles. The van der Waals surface area contributed by atoms with E-state index in [2.05, 4.69) is 15.5 Å². The van der Waals surface area contributed by atoms with Gasteiger partial charge >= 0.3 is 11.9 Å². The minimum atomic E-state index is -0.791. The smallest absolute Gasteiger partial charge is 0.344 e. The van der Waals surface area contributed by atoms with Gasteiger partial charge in [-0.1, -0.05) is 30.0 Å². The molecule has 0 aliphatic heterocycles. The molecule has 0 saturated heterocycles. The summed E-state index contributed by atoms with van der Waals surface area (Å²) in [5.41, 5.74) is 3.56. The molecule has 10 nitrogen and oxygen atoms in total. The van der Waals surface area contributed by atoms with Gasteiger partial charge in [0.15, 0.2) is 10.8 Å². The third-order valence-corrected chi connectivity index (χ3v) is 6.45. The standard InChI is InChI=1S/C25H26N4O6S/c1-6-33-23(31)19-15(5)35-22(20(19)24(32)34-7-2)26-18(30)12-36-25-28-27-17-11-14(4)16-10-8-9-13(3)21(16)29(17)25/h8-11H,6-7,12H2,1-5H3,(H,26,30). The quantitative estimate of drug-likeness (QED) is 0.270. The zero-order valence-electron chi connectivity index (χ0n) is 20.6. The first kappa shape index (κ1) is 25.2. The molecular weight excluding hydrogens is 484 g/mol.